The van der Waals surface area contributed by atoms with Crippen LogP contribution in [-0.4, -0.2) is 10.9 Å². The predicted octanol–water partition coefficient (Wildman–Crippen LogP) is 10.9. The molecular formula is C35H52O2. The normalized spacial score (nSPS) is 14.4. The van der Waals surface area contributed by atoms with E-state index in [1.54, 1.807) is 6.08 Å². The molecule has 0 aliphatic carbocycles. The zero-order chi connectivity index (χ0) is 27.4. The van der Waals surface area contributed by atoms with Crippen LogP contribution in [0.2, 0.25) is 0 Å². The quantitative estimate of drug-likeness (QED) is 0.140. The zero-order valence-electron chi connectivity index (χ0n) is 24.7. The Hall–Kier alpha value is -2.35. The molecule has 0 aromatic heterocycles. The van der Waals surface area contributed by atoms with Crippen LogP contribution in [0.1, 0.15) is 162 Å². The third-order valence-corrected chi connectivity index (χ3v) is 8.15. The fourth-order valence-corrected chi connectivity index (χ4v) is 6.04. The van der Waals surface area contributed by atoms with Gasteiger partial charge in [-0.1, -0.05) is 104 Å². The Morgan fingerprint density at radius 1 is 0.757 bits per heavy atom. The third-order valence-electron chi connectivity index (χ3n) is 8.15. The topological polar surface area (TPSA) is 37.3 Å². The SMILES string of the molecule is CCCC(CC)c1ccc(CC)cc1/C=C(\O)C(=O)c1cccc(C(CC)CCC)c1C(CC)CCC. The van der Waals surface area contributed by atoms with E-state index in [1.807, 2.05) is 12.1 Å². The van der Waals surface area contributed by atoms with Crippen LogP contribution in [0.3, 0.4) is 0 Å². The van der Waals surface area contributed by atoms with E-state index in [9.17, 15) is 9.90 Å². The van der Waals surface area contributed by atoms with Gasteiger partial charge in [-0.15, -0.1) is 0 Å². The number of rotatable bonds is 16. The maximum absolute atomic E-state index is 13.9. The minimum absolute atomic E-state index is 0.144. The number of ketones is 1. The van der Waals surface area contributed by atoms with Gasteiger partial charge < -0.3 is 5.11 Å². The molecule has 3 atom stereocenters. The zero-order valence-corrected chi connectivity index (χ0v) is 24.7. The monoisotopic (exact) mass is 504 g/mol. The van der Waals surface area contributed by atoms with Crippen molar-refractivity contribution in [3.8, 4) is 0 Å². The minimum Gasteiger partial charge on any atom is -0.504 e. The summed E-state index contributed by atoms with van der Waals surface area (Å²) in [6.07, 6.45) is 12.4. The molecule has 204 valence electrons. The molecule has 1 N–H and O–H groups in total. The highest BCUT2D eigenvalue weighted by Crippen LogP contribution is 2.38. The fraction of sp³-hybridized carbons (Fsp3) is 0.571. The number of aryl methyl sites for hydroxylation is 1. The Morgan fingerprint density at radius 2 is 1.32 bits per heavy atom. The second kappa shape index (κ2) is 15.8. The number of benzene rings is 2. The lowest BCUT2D eigenvalue weighted by atomic mass is 9.78. The average Bonchev–Trinajstić information content (AvgIpc) is 2.92. The van der Waals surface area contributed by atoms with Crippen LogP contribution in [0, 0.1) is 0 Å². The van der Waals surface area contributed by atoms with E-state index in [1.165, 1.54) is 22.3 Å². The lowest BCUT2D eigenvalue weighted by molar-refractivity contribution is 0.0978. The number of carbonyl (C=O) groups excluding carboxylic acids is 1. The van der Waals surface area contributed by atoms with Gasteiger partial charge in [-0.2, -0.15) is 0 Å². The summed E-state index contributed by atoms with van der Waals surface area (Å²) in [7, 11) is 0. The Morgan fingerprint density at radius 3 is 1.86 bits per heavy atom. The number of carbonyl (C=O) groups is 1. The van der Waals surface area contributed by atoms with E-state index < -0.39 is 0 Å². The van der Waals surface area contributed by atoms with Crippen LogP contribution in [0.5, 0.6) is 0 Å². The molecule has 0 spiro atoms. The van der Waals surface area contributed by atoms with Gasteiger partial charge in [0.1, 0.15) is 0 Å². The van der Waals surface area contributed by atoms with Gasteiger partial charge in [-0.3, -0.25) is 4.79 Å². The van der Waals surface area contributed by atoms with Crippen LogP contribution in [0.25, 0.3) is 6.08 Å². The molecule has 2 heteroatoms. The number of hydrogen-bond donors (Lipinski definition) is 1. The van der Waals surface area contributed by atoms with Gasteiger partial charge in [0.05, 0.1) is 0 Å². The lowest BCUT2D eigenvalue weighted by Crippen LogP contribution is -2.15. The van der Waals surface area contributed by atoms with Crippen molar-refractivity contribution in [2.75, 3.05) is 0 Å². The van der Waals surface area contributed by atoms with Gasteiger partial charge in [0.15, 0.2) is 5.76 Å². The molecule has 0 aliphatic rings. The lowest BCUT2D eigenvalue weighted by Gasteiger charge is -2.26. The van der Waals surface area contributed by atoms with E-state index in [4.69, 9.17) is 0 Å². The number of Topliss-reactive ketones (excluding diaryl/α,β-unsaturated/α-hetero) is 1. The van der Waals surface area contributed by atoms with Crippen molar-refractivity contribution < 1.29 is 9.90 Å². The first kappa shape index (κ1) is 30.9. The van der Waals surface area contributed by atoms with Crippen molar-refractivity contribution in [1.82, 2.24) is 0 Å². The Balaban J connectivity index is 2.67. The van der Waals surface area contributed by atoms with E-state index in [0.717, 1.165) is 69.8 Å². The number of aliphatic hydroxyl groups is 1. The van der Waals surface area contributed by atoms with Crippen LogP contribution < -0.4 is 0 Å². The van der Waals surface area contributed by atoms with Gasteiger partial charge in [-0.05, 0) is 96.6 Å². The average molecular weight is 505 g/mol. The van der Waals surface area contributed by atoms with Crippen LogP contribution in [0.15, 0.2) is 42.2 Å². The van der Waals surface area contributed by atoms with E-state index >= 15 is 0 Å². The third kappa shape index (κ3) is 7.82. The first-order chi connectivity index (χ1) is 17.9. The van der Waals surface area contributed by atoms with Gasteiger partial charge >= 0.3 is 0 Å². The molecule has 0 amide bonds. The summed E-state index contributed by atoms with van der Waals surface area (Å²) in [5.74, 6) is 0.810. The highest BCUT2D eigenvalue weighted by Gasteiger charge is 2.26. The minimum atomic E-state index is -0.242. The first-order valence-corrected chi connectivity index (χ1v) is 15.1. The van der Waals surface area contributed by atoms with Crippen molar-refractivity contribution in [2.24, 2.45) is 0 Å². The summed E-state index contributed by atoms with van der Waals surface area (Å²) in [5, 5.41) is 11.3. The summed E-state index contributed by atoms with van der Waals surface area (Å²) >= 11 is 0. The highest BCUT2D eigenvalue weighted by atomic mass is 16.3. The van der Waals surface area contributed by atoms with Crippen LogP contribution in [0.4, 0.5) is 0 Å². The number of allylic oxidation sites excluding steroid dienone is 1. The standard InChI is InChI=1S/C35H52O2/c1-8-16-26(12-5)30-22-21-25(11-4)23-29(30)24-33(36)35(37)32-20-15-19-31(27(13-6)17-9-2)34(32)28(14-7)18-10-3/h15,19-24,26-28,36H,8-14,16-18H2,1-7H3/b33-24-. The maximum Gasteiger partial charge on any atom is 0.227 e. The van der Waals surface area contributed by atoms with E-state index in [0.29, 0.717) is 23.3 Å². The molecule has 0 bridgehead atoms. The van der Waals surface area contributed by atoms with Crippen molar-refractivity contribution in [3.05, 3.63) is 75.5 Å². The molecule has 0 fully saturated rings. The van der Waals surface area contributed by atoms with Crippen molar-refractivity contribution in [1.29, 1.82) is 0 Å². The van der Waals surface area contributed by atoms with Crippen molar-refractivity contribution >= 4 is 11.9 Å². The molecule has 2 aromatic carbocycles. The Kier molecular flexibility index (Phi) is 13.2. The van der Waals surface area contributed by atoms with E-state index in [-0.39, 0.29) is 11.5 Å². The number of aliphatic hydroxyl groups excluding tert-OH is 1. The molecule has 0 saturated carbocycles. The molecule has 3 unspecified atom stereocenters. The summed E-state index contributed by atoms with van der Waals surface area (Å²) < 4.78 is 0. The summed E-state index contributed by atoms with van der Waals surface area (Å²) in [6, 6.07) is 12.8. The summed E-state index contributed by atoms with van der Waals surface area (Å²) in [4.78, 5) is 13.9. The molecule has 37 heavy (non-hydrogen) atoms. The molecule has 0 aliphatic heterocycles. The molecule has 2 nitrogen and oxygen atoms in total. The first-order valence-electron chi connectivity index (χ1n) is 15.1. The second-order valence-corrected chi connectivity index (χ2v) is 10.7. The van der Waals surface area contributed by atoms with Crippen LogP contribution >= 0.6 is 0 Å². The molecule has 0 heterocycles. The number of hydrogen-bond acceptors (Lipinski definition) is 2. The molecular weight excluding hydrogens is 452 g/mol. The second-order valence-electron chi connectivity index (χ2n) is 10.7. The van der Waals surface area contributed by atoms with Crippen LogP contribution in [-0.2, 0) is 6.42 Å². The molecule has 2 aromatic rings. The maximum atomic E-state index is 13.9. The highest BCUT2D eigenvalue weighted by molar-refractivity contribution is 6.10. The van der Waals surface area contributed by atoms with E-state index in [2.05, 4.69) is 72.7 Å². The molecule has 0 radical (unpaired) electrons. The smallest absolute Gasteiger partial charge is 0.227 e. The predicted molar refractivity (Wildman–Crippen MR) is 161 cm³/mol. The molecule has 0 saturated heterocycles. The van der Waals surface area contributed by atoms with Crippen molar-refractivity contribution in [3.63, 3.8) is 0 Å². The molecule has 2 rings (SSSR count). The van der Waals surface area contributed by atoms with Gasteiger partial charge in [0.25, 0.3) is 0 Å². The van der Waals surface area contributed by atoms with Crippen molar-refractivity contribution in [2.45, 2.75) is 130 Å². The Labute approximate surface area is 227 Å². The van der Waals surface area contributed by atoms with Gasteiger partial charge in [0.2, 0.25) is 5.78 Å². The Bertz CT molecular complexity index is 1020. The largest absolute Gasteiger partial charge is 0.504 e. The summed E-state index contributed by atoms with van der Waals surface area (Å²) in [5.41, 5.74) is 6.63. The van der Waals surface area contributed by atoms with Gasteiger partial charge in [-0.25, -0.2) is 0 Å². The van der Waals surface area contributed by atoms with Gasteiger partial charge in [0, 0.05) is 5.56 Å². The summed E-state index contributed by atoms with van der Waals surface area (Å²) in [6.45, 7) is 15.5. The fourth-order valence-electron chi connectivity index (χ4n) is 6.04.